The van der Waals surface area contributed by atoms with Gasteiger partial charge in [0.15, 0.2) is 0 Å². The van der Waals surface area contributed by atoms with E-state index in [0.717, 1.165) is 67.3 Å². The van der Waals surface area contributed by atoms with Crippen molar-refractivity contribution in [3.05, 3.63) is 112 Å². The first kappa shape index (κ1) is 27.4. The third kappa shape index (κ3) is 6.62. The zero-order valence-electron chi connectivity index (χ0n) is 23.5. The van der Waals surface area contributed by atoms with E-state index in [1.54, 1.807) is 14.2 Å². The molecule has 0 aliphatic rings. The van der Waals surface area contributed by atoms with Crippen LogP contribution >= 0.6 is 0 Å². The molecule has 1 aromatic heterocycles. The fourth-order valence-corrected chi connectivity index (χ4v) is 5.10. The van der Waals surface area contributed by atoms with Gasteiger partial charge in [-0.2, -0.15) is 0 Å². The highest BCUT2D eigenvalue weighted by molar-refractivity contribution is 5.70. The predicted octanol–water partition coefficient (Wildman–Crippen LogP) is 7.44. The van der Waals surface area contributed by atoms with Crippen molar-refractivity contribution in [1.82, 2.24) is 9.88 Å². The Hall–Kier alpha value is -3.63. The van der Waals surface area contributed by atoms with Crippen molar-refractivity contribution in [3.8, 4) is 22.8 Å². The second-order valence-corrected chi connectivity index (χ2v) is 9.73. The third-order valence-electron chi connectivity index (χ3n) is 7.27. The van der Waals surface area contributed by atoms with Gasteiger partial charge < -0.3 is 9.47 Å². The van der Waals surface area contributed by atoms with Gasteiger partial charge in [-0.1, -0.05) is 74.5 Å². The van der Waals surface area contributed by atoms with Crippen LogP contribution in [-0.2, 0) is 32.4 Å². The minimum Gasteiger partial charge on any atom is -0.497 e. The van der Waals surface area contributed by atoms with E-state index in [0.29, 0.717) is 0 Å². The molecule has 4 nitrogen and oxygen atoms in total. The van der Waals surface area contributed by atoms with Crippen LogP contribution in [0.15, 0.2) is 78.9 Å². The summed E-state index contributed by atoms with van der Waals surface area (Å²) in [7, 11) is 3.47. The molecular formula is C34H40N2O2. The van der Waals surface area contributed by atoms with E-state index in [2.05, 4.69) is 92.4 Å². The number of benzene rings is 3. The van der Waals surface area contributed by atoms with Crippen LogP contribution in [0.1, 0.15) is 47.4 Å². The highest BCUT2D eigenvalue weighted by atomic mass is 16.5. The van der Waals surface area contributed by atoms with Gasteiger partial charge in [0.25, 0.3) is 0 Å². The van der Waals surface area contributed by atoms with Gasteiger partial charge in [0.1, 0.15) is 11.5 Å². The molecule has 0 spiro atoms. The summed E-state index contributed by atoms with van der Waals surface area (Å²) in [4.78, 5) is 7.63. The van der Waals surface area contributed by atoms with Crippen LogP contribution < -0.4 is 9.47 Å². The lowest BCUT2D eigenvalue weighted by Gasteiger charge is -2.25. The summed E-state index contributed by atoms with van der Waals surface area (Å²) in [5.41, 5.74) is 9.67. The van der Waals surface area contributed by atoms with Crippen LogP contribution in [0.4, 0.5) is 0 Å². The van der Waals surface area contributed by atoms with Gasteiger partial charge in [-0.15, -0.1) is 0 Å². The minimum atomic E-state index is 0.761. The summed E-state index contributed by atoms with van der Waals surface area (Å²) in [6.07, 6.45) is 2.93. The van der Waals surface area contributed by atoms with E-state index >= 15 is 0 Å². The van der Waals surface area contributed by atoms with E-state index in [1.165, 1.54) is 27.8 Å². The number of methoxy groups -OCH3 is 2. The average molecular weight is 509 g/mol. The van der Waals surface area contributed by atoms with Gasteiger partial charge >= 0.3 is 0 Å². The predicted molar refractivity (Wildman–Crippen MR) is 157 cm³/mol. The SMILES string of the molecule is CCc1cccc(CC)c1-c1cc(OC)c(CN(CCc2ccccc2)Cc2ccc(OC)cc2)c(C)n1. The number of aromatic nitrogens is 1. The summed E-state index contributed by atoms with van der Waals surface area (Å²) in [5, 5.41) is 0. The quantitative estimate of drug-likeness (QED) is 0.199. The van der Waals surface area contributed by atoms with Crippen molar-refractivity contribution in [2.75, 3.05) is 20.8 Å². The Morgan fingerprint density at radius 3 is 2.03 bits per heavy atom. The van der Waals surface area contributed by atoms with Crippen LogP contribution in [0.5, 0.6) is 11.5 Å². The second kappa shape index (κ2) is 13.3. The molecule has 4 heteroatoms. The van der Waals surface area contributed by atoms with Crippen molar-refractivity contribution in [3.63, 3.8) is 0 Å². The largest absolute Gasteiger partial charge is 0.497 e. The van der Waals surface area contributed by atoms with Crippen LogP contribution in [0.3, 0.4) is 0 Å². The Bertz CT molecular complexity index is 1290. The Labute approximate surface area is 228 Å². The Morgan fingerprint density at radius 2 is 1.42 bits per heavy atom. The molecule has 0 unspecified atom stereocenters. The zero-order valence-corrected chi connectivity index (χ0v) is 23.5. The van der Waals surface area contributed by atoms with Crippen LogP contribution in [-0.4, -0.2) is 30.6 Å². The van der Waals surface area contributed by atoms with Crippen molar-refractivity contribution in [2.24, 2.45) is 0 Å². The van der Waals surface area contributed by atoms with E-state index in [9.17, 15) is 0 Å². The molecule has 0 aliphatic carbocycles. The Balaban J connectivity index is 1.66. The first-order valence-corrected chi connectivity index (χ1v) is 13.6. The molecular weight excluding hydrogens is 468 g/mol. The number of nitrogens with zero attached hydrogens (tertiary/aromatic N) is 2. The number of rotatable bonds is 12. The lowest BCUT2D eigenvalue weighted by Crippen LogP contribution is -2.26. The van der Waals surface area contributed by atoms with Crippen LogP contribution in [0, 0.1) is 6.92 Å². The normalized spacial score (nSPS) is 11.1. The second-order valence-electron chi connectivity index (χ2n) is 9.73. The maximum atomic E-state index is 6.00. The molecule has 0 N–H and O–H groups in total. The maximum Gasteiger partial charge on any atom is 0.127 e. The van der Waals surface area contributed by atoms with Gasteiger partial charge in [0.05, 0.1) is 19.9 Å². The molecule has 0 saturated carbocycles. The molecule has 38 heavy (non-hydrogen) atoms. The summed E-state index contributed by atoms with van der Waals surface area (Å²) in [6.45, 7) is 9.06. The smallest absolute Gasteiger partial charge is 0.127 e. The van der Waals surface area contributed by atoms with Crippen molar-refractivity contribution < 1.29 is 9.47 Å². The number of aryl methyl sites for hydroxylation is 3. The van der Waals surface area contributed by atoms with Gasteiger partial charge in [-0.3, -0.25) is 9.88 Å². The maximum absolute atomic E-state index is 6.00. The third-order valence-corrected chi connectivity index (χ3v) is 7.27. The van der Waals surface area contributed by atoms with E-state index in [4.69, 9.17) is 14.5 Å². The number of hydrogen-bond acceptors (Lipinski definition) is 4. The Morgan fingerprint density at radius 1 is 0.737 bits per heavy atom. The monoisotopic (exact) mass is 508 g/mol. The Kier molecular flexibility index (Phi) is 9.56. The van der Waals surface area contributed by atoms with Crippen LogP contribution in [0.2, 0.25) is 0 Å². The number of ether oxygens (including phenoxy) is 2. The minimum absolute atomic E-state index is 0.761. The molecule has 4 aromatic rings. The van der Waals surface area contributed by atoms with Gasteiger partial charge in [0, 0.05) is 42.5 Å². The van der Waals surface area contributed by atoms with Gasteiger partial charge in [0.2, 0.25) is 0 Å². The molecule has 0 atom stereocenters. The van der Waals surface area contributed by atoms with E-state index < -0.39 is 0 Å². The van der Waals surface area contributed by atoms with Gasteiger partial charge in [-0.25, -0.2) is 0 Å². The lowest BCUT2D eigenvalue weighted by molar-refractivity contribution is 0.254. The first-order valence-electron chi connectivity index (χ1n) is 13.6. The molecule has 0 radical (unpaired) electrons. The zero-order chi connectivity index (χ0) is 26.9. The molecule has 0 aliphatic heterocycles. The summed E-state index contributed by atoms with van der Waals surface area (Å²) < 4.78 is 11.4. The molecule has 4 rings (SSSR count). The first-order chi connectivity index (χ1) is 18.6. The highest BCUT2D eigenvalue weighted by Gasteiger charge is 2.18. The molecule has 0 fully saturated rings. The molecule has 0 bridgehead atoms. The van der Waals surface area contributed by atoms with E-state index in [1.807, 2.05) is 12.1 Å². The van der Waals surface area contributed by atoms with E-state index in [-0.39, 0.29) is 0 Å². The average Bonchev–Trinajstić information content (AvgIpc) is 2.97. The van der Waals surface area contributed by atoms with Crippen molar-refractivity contribution in [2.45, 2.75) is 53.1 Å². The topological polar surface area (TPSA) is 34.6 Å². The summed E-state index contributed by atoms with van der Waals surface area (Å²) in [6, 6.07) is 27.8. The molecule has 3 aromatic carbocycles. The summed E-state index contributed by atoms with van der Waals surface area (Å²) >= 11 is 0. The van der Waals surface area contributed by atoms with Crippen LogP contribution in [0.25, 0.3) is 11.3 Å². The lowest BCUT2D eigenvalue weighted by atomic mass is 9.94. The van der Waals surface area contributed by atoms with Crippen molar-refractivity contribution >= 4 is 0 Å². The number of pyridine rings is 1. The molecule has 0 amide bonds. The fraction of sp³-hybridized carbons (Fsp3) is 0.324. The highest BCUT2D eigenvalue weighted by Crippen LogP contribution is 2.33. The molecule has 0 saturated heterocycles. The molecule has 198 valence electrons. The molecule has 1 heterocycles. The number of hydrogen-bond donors (Lipinski definition) is 0. The fourth-order valence-electron chi connectivity index (χ4n) is 5.10. The summed E-state index contributed by atoms with van der Waals surface area (Å²) in [5.74, 6) is 1.78. The standard InChI is InChI=1S/C34H40N2O2/c1-6-28-14-11-15-29(7-2)34(28)32-22-33(38-5)31(25(3)35-32)24-36(21-20-26-12-9-8-10-13-26)23-27-16-18-30(37-4)19-17-27/h8-19,22H,6-7,20-21,23-24H2,1-5H3. The van der Waals surface area contributed by atoms with Gasteiger partial charge in [-0.05, 0) is 60.6 Å². The van der Waals surface area contributed by atoms with Crippen molar-refractivity contribution in [1.29, 1.82) is 0 Å².